The highest BCUT2D eigenvalue weighted by Gasteiger charge is 2.04. The van der Waals surface area contributed by atoms with Crippen molar-refractivity contribution in [2.45, 2.75) is 39.2 Å². The van der Waals surface area contributed by atoms with Crippen molar-refractivity contribution in [3.8, 4) is 0 Å². The molecule has 0 aliphatic heterocycles. The lowest BCUT2D eigenvalue weighted by molar-refractivity contribution is 0.509. The Balaban J connectivity index is 2.16. The smallest absolute Gasteiger partial charge is 0.0178 e. The highest BCUT2D eigenvalue weighted by atomic mass is 79.9. The van der Waals surface area contributed by atoms with Gasteiger partial charge in [0.25, 0.3) is 0 Å². The van der Waals surface area contributed by atoms with Crippen molar-refractivity contribution in [1.29, 1.82) is 0 Å². The van der Waals surface area contributed by atoms with E-state index in [4.69, 9.17) is 5.73 Å². The first-order valence-corrected chi connectivity index (χ1v) is 7.58. The number of nitrogens with two attached hydrogens (primary N) is 1. The molecule has 0 bridgehead atoms. The molecule has 0 amide bonds. The third-order valence-electron chi connectivity index (χ3n) is 2.98. The van der Waals surface area contributed by atoms with Crippen LogP contribution in [0.3, 0.4) is 0 Å². The molecule has 1 aromatic rings. The third-order valence-corrected chi connectivity index (χ3v) is 3.47. The summed E-state index contributed by atoms with van der Waals surface area (Å²) < 4.78 is 1.13. The molecule has 0 spiro atoms. The van der Waals surface area contributed by atoms with Crippen molar-refractivity contribution in [3.05, 3.63) is 34.3 Å². The van der Waals surface area contributed by atoms with Gasteiger partial charge in [0.15, 0.2) is 0 Å². The fourth-order valence-corrected chi connectivity index (χ4v) is 2.32. The summed E-state index contributed by atoms with van der Waals surface area (Å²) in [5.74, 6) is 0.771. The summed E-state index contributed by atoms with van der Waals surface area (Å²) in [6, 6.07) is 8.63. The fourth-order valence-electron chi connectivity index (χ4n) is 1.87. The normalized spacial score (nSPS) is 12.9. The Labute approximate surface area is 119 Å². The van der Waals surface area contributed by atoms with Crippen molar-refractivity contribution in [1.82, 2.24) is 5.32 Å². The van der Waals surface area contributed by atoms with Crippen LogP contribution in [0, 0.1) is 5.92 Å². The average Bonchev–Trinajstić information content (AvgIpc) is 2.28. The molecule has 0 saturated heterocycles. The van der Waals surface area contributed by atoms with E-state index < -0.39 is 0 Å². The maximum absolute atomic E-state index is 6.14. The SMILES string of the molecule is CC(C)CCNCC[C@H](N)Cc1cccc(Br)c1. The van der Waals surface area contributed by atoms with E-state index in [1.807, 2.05) is 6.07 Å². The number of benzene rings is 1. The minimum Gasteiger partial charge on any atom is -0.327 e. The molecule has 0 aromatic heterocycles. The van der Waals surface area contributed by atoms with Crippen LogP contribution in [0.4, 0.5) is 0 Å². The molecule has 0 aliphatic carbocycles. The quantitative estimate of drug-likeness (QED) is 0.722. The lowest BCUT2D eigenvalue weighted by atomic mass is 10.0. The van der Waals surface area contributed by atoms with Crippen LogP contribution >= 0.6 is 15.9 Å². The zero-order valence-corrected chi connectivity index (χ0v) is 13.0. The molecule has 3 heteroatoms. The molecule has 1 rings (SSSR count). The van der Waals surface area contributed by atoms with Crippen LogP contribution in [-0.4, -0.2) is 19.1 Å². The van der Waals surface area contributed by atoms with Gasteiger partial charge >= 0.3 is 0 Å². The predicted molar refractivity (Wildman–Crippen MR) is 82.8 cm³/mol. The number of hydrogen-bond donors (Lipinski definition) is 2. The monoisotopic (exact) mass is 312 g/mol. The van der Waals surface area contributed by atoms with Crippen LogP contribution in [0.15, 0.2) is 28.7 Å². The minimum atomic E-state index is 0.242. The molecule has 1 aromatic carbocycles. The Bertz CT molecular complexity index is 339. The van der Waals surface area contributed by atoms with E-state index >= 15 is 0 Å². The molecule has 0 fully saturated rings. The maximum Gasteiger partial charge on any atom is 0.0178 e. The third kappa shape index (κ3) is 7.14. The number of halogens is 1. The lowest BCUT2D eigenvalue weighted by Gasteiger charge is -2.13. The van der Waals surface area contributed by atoms with Crippen LogP contribution < -0.4 is 11.1 Å². The Kier molecular flexibility index (Phi) is 7.56. The van der Waals surface area contributed by atoms with E-state index in [2.05, 4.69) is 53.3 Å². The van der Waals surface area contributed by atoms with E-state index in [0.29, 0.717) is 0 Å². The van der Waals surface area contributed by atoms with E-state index in [1.54, 1.807) is 0 Å². The highest BCUT2D eigenvalue weighted by Crippen LogP contribution is 2.13. The van der Waals surface area contributed by atoms with Gasteiger partial charge in [-0.15, -0.1) is 0 Å². The predicted octanol–water partition coefficient (Wildman–Crippen LogP) is 3.34. The fraction of sp³-hybridized carbons (Fsp3) is 0.600. The molecule has 102 valence electrons. The Hall–Kier alpha value is -0.380. The topological polar surface area (TPSA) is 38.0 Å². The molecule has 2 nitrogen and oxygen atoms in total. The number of nitrogens with one attached hydrogen (secondary N) is 1. The summed E-state index contributed by atoms with van der Waals surface area (Å²) in [7, 11) is 0. The van der Waals surface area contributed by atoms with Gasteiger partial charge in [-0.05, 0) is 56.0 Å². The molecule has 0 saturated carbocycles. The van der Waals surface area contributed by atoms with Crippen LogP contribution in [0.1, 0.15) is 32.3 Å². The van der Waals surface area contributed by atoms with Crippen LogP contribution in [-0.2, 0) is 6.42 Å². The Morgan fingerprint density at radius 3 is 2.61 bits per heavy atom. The number of hydrogen-bond acceptors (Lipinski definition) is 2. The first-order valence-electron chi connectivity index (χ1n) is 6.78. The van der Waals surface area contributed by atoms with Gasteiger partial charge in [0.05, 0.1) is 0 Å². The largest absolute Gasteiger partial charge is 0.327 e. The first-order chi connectivity index (χ1) is 8.58. The van der Waals surface area contributed by atoms with Gasteiger partial charge in [-0.2, -0.15) is 0 Å². The second-order valence-electron chi connectivity index (χ2n) is 5.32. The van der Waals surface area contributed by atoms with Crippen molar-refractivity contribution < 1.29 is 0 Å². The molecule has 0 aliphatic rings. The summed E-state index contributed by atoms with van der Waals surface area (Å²) in [6.07, 6.45) is 3.22. The van der Waals surface area contributed by atoms with Gasteiger partial charge in [-0.1, -0.05) is 41.9 Å². The van der Waals surface area contributed by atoms with Crippen molar-refractivity contribution in [2.24, 2.45) is 11.7 Å². The van der Waals surface area contributed by atoms with Crippen molar-refractivity contribution in [3.63, 3.8) is 0 Å². The second-order valence-corrected chi connectivity index (χ2v) is 6.23. The summed E-state index contributed by atoms with van der Waals surface area (Å²) in [6.45, 7) is 6.62. The molecule has 1 atom stereocenters. The minimum absolute atomic E-state index is 0.242. The summed E-state index contributed by atoms with van der Waals surface area (Å²) in [4.78, 5) is 0. The van der Waals surface area contributed by atoms with Gasteiger partial charge < -0.3 is 11.1 Å². The van der Waals surface area contributed by atoms with Crippen LogP contribution in [0.5, 0.6) is 0 Å². The van der Waals surface area contributed by atoms with Gasteiger partial charge in [-0.3, -0.25) is 0 Å². The van der Waals surface area contributed by atoms with E-state index in [9.17, 15) is 0 Å². The molecule has 0 radical (unpaired) electrons. The van der Waals surface area contributed by atoms with Gasteiger partial charge in [0.1, 0.15) is 0 Å². The standard InChI is InChI=1S/C15H25BrN2/c1-12(2)6-8-18-9-7-15(17)11-13-4-3-5-14(16)10-13/h3-5,10,12,15,18H,6-9,11,17H2,1-2H3/t15-/m0/s1. The summed E-state index contributed by atoms with van der Waals surface area (Å²) in [5, 5.41) is 3.46. The van der Waals surface area contributed by atoms with E-state index in [0.717, 1.165) is 36.3 Å². The molecule has 18 heavy (non-hydrogen) atoms. The zero-order chi connectivity index (χ0) is 13.4. The molecular weight excluding hydrogens is 288 g/mol. The van der Waals surface area contributed by atoms with Gasteiger partial charge in [-0.25, -0.2) is 0 Å². The molecular formula is C15H25BrN2. The van der Waals surface area contributed by atoms with Crippen LogP contribution in [0.2, 0.25) is 0 Å². The maximum atomic E-state index is 6.14. The van der Waals surface area contributed by atoms with Crippen molar-refractivity contribution in [2.75, 3.05) is 13.1 Å². The van der Waals surface area contributed by atoms with E-state index in [-0.39, 0.29) is 6.04 Å². The Morgan fingerprint density at radius 2 is 1.94 bits per heavy atom. The average molecular weight is 313 g/mol. The molecule has 3 N–H and O–H groups in total. The summed E-state index contributed by atoms with van der Waals surface area (Å²) >= 11 is 3.49. The van der Waals surface area contributed by atoms with Crippen LogP contribution in [0.25, 0.3) is 0 Å². The van der Waals surface area contributed by atoms with Crippen molar-refractivity contribution >= 4 is 15.9 Å². The number of rotatable bonds is 8. The second kappa shape index (κ2) is 8.68. The highest BCUT2D eigenvalue weighted by molar-refractivity contribution is 9.10. The summed E-state index contributed by atoms with van der Waals surface area (Å²) in [5.41, 5.74) is 7.45. The molecule has 0 unspecified atom stereocenters. The van der Waals surface area contributed by atoms with Gasteiger partial charge in [0, 0.05) is 10.5 Å². The first kappa shape index (κ1) is 15.7. The Morgan fingerprint density at radius 1 is 1.22 bits per heavy atom. The lowest BCUT2D eigenvalue weighted by Crippen LogP contribution is -2.29. The molecule has 0 heterocycles. The van der Waals surface area contributed by atoms with Gasteiger partial charge in [0.2, 0.25) is 0 Å². The zero-order valence-electron chi connectivity index (χ0n) is 11.5. The van der Waals surface area contributed by atoms with E-state index in [1.165, 1.54) is 12.0 Å².